The van der Waals surface area contributed by atoms with E-state index in [0.29, 0.717) is 23.7 Å². The average Bonchev–Trinajstić information content (AvgIpc) is 3.13. The molecule has 0 bridgehead atoms. The van der Waals surface area contributed by atoms with Crippen LogP contribution in [0.2, 0.25) is 0 Å². The number of benzene rings is 2. The van der Waals surface area contributed by atoms with Gasteiger partial charge in [0.1, 0.15) is 12.7 Å². The van der Waals surface area contributed by atoms with Crippen LogP contribution in [-0.4, -0.2) is 28.0 Å². The summed E-state index contributed by atoms with van der Waals surface area (Å²) in [5.41, 5.74) is 3.14. The van der Waals surface area contributed by atoms with Crippen LogP contribution in [0.5, 0.6) is 11.5 Å². The van der Waals surface area contributed by atoms with Crippen LogP contribution in [0.3, 0.4) is 0 Å². The lowest BCUT2D eigenvalue weighted by Crippen LogP contribution is -2.36. The van der Waals surface area contributed by atoms with Gasteiger partial charge in [0, 0.05) is 28.7 Å². The van der Waals surface area contributed by atoms with Crippen LogP contribution in [0.15, 0.2) is 48.8 Å². The molecule has 2 N–H and O–H groups in total. The van der Waals surface area contributed by atoms with Gasteiger partial charge in [0.25, 0.3) is 0 Å². The number of anilines is 1. The van der Waals surface area contributed by atoms with Crippen molar-refractivity contribution in [1.29, 1.82) is 5.26 Å². The van der Waals surface area contributed by atoms with Gasteiger partial charge < -0.3 is 14.8 Å². The van der Waals surface area contributed by atoms with Gasteiger partial charge in [-0.15, -0.1) is 0 Å². The van der Waals surface area contributed by atoms with Crippen LogP contribution in [0.25, 0.3) is 21.8 Å². The molecule has 0 amide bonds. The molecule has 0 fully saturated rings. The molecular formula is C19H13N5O2. The number of fused-ring (bicyclic) bond motifs is 3. The van der Waals surface area contributed by atoms with Crippen molar-refractivity contribution in [2.45, 2.75) is 6.23 Å². The molecule has 1 unspecified atom stereocenters. The first kappa shape index (κ1) is 14.5. The van der Waals surface area contributed by atoms with E-state index in [1.807, 2.05) is 30.3 Å². The highest BCUT2D eigenvalue weighted by molar-refractivity contribution is 5.84. The fourth-order valence-corrected chi connectivity index (χ4v) is 3.04. The Morgan fingerprint density at radius 3 is 3.00 bits per heavy atom. The van der Waals surface area contributed by atoms with E-state index in [9.17, 15) is 0 Å². The first-order valence-corrected chi connectivity index (χ1v) is 8.11. The van der Waals surface area contributed by atoms with Crippen LogP contribution in [0.1, 0.15) is 5.56 Å². The molecule has 3 heterocycles. The number of nitriles is 1. The molecule has 7 nitrogen and oxygen atoms in total. The molecule has 1 aliphatic heterocycles. The number of nitrogens with zero attached hydrogens (tertiary/aromatic N) is 3. The Morgan fingerprint density at radius 2 is 2.08 bits per heavy atom. The monoisotopic (exact) mass is 343 g/mol. The van der Waals surface area contributed by atoms with Crippen LogP contribution in [-0.2, 0) is 0 Å². The third-order valence-corrected chi connectivity index (χ3v) is 4.30. The molecule has 0 saturated heterocycles. The van der Waals surface area contributed by atoms with Gasteiger partial charge in [-0.25, -0.2) is 0 Å². The number of aromatic nitrogens is 3. The third kappa shape index (κ3) is 2.45. The van der Waals surface area contributed by atoms with Crippen molar-refractivity contribution in [3.05, 3.63) is 54.4 Å². The summed E-state index contributed by atoms with van der Waals surface area (Å²) in [6, 6.07) is 13.5. The van der Waals surface area contributed by atoms with Gasteiger partial charge in [-0.2, -0.15) is 10.4 Å². The first-order chi connectivity index (χ1) is 12.8. The first-order valence-electron chi connectivity index (χ1n) is 8.11. The second-order valence-corrected chi connectivity index (χ2v) is 6.06. The van der Waals surface area contributed by atoms with Crippen LogP contribution in [0, 0.1) is 11.3 Å². The second kappa shape index (κ2) is 5.63. The summed E-state index contributed by atoms with van der Waals surface area (Å²) < 4.78 is 11.9. The van der Waals surface area contributed by atoms with E-state index in [1.54, 1.807) is 18.5 Å². The lowest BCUT2D eigenvalue weighted by molar-refractivity contribution is 0.110. The van der Waals surface area contributed by atoms with Crippen molar-refractivity contribution in [1.82, 2.24) is 15.2 Å². The fraction of sp³-hybridized carbons (Fsp3) is 0.105. The quantitative estimate of drug-likeness (QED) is 0.580. The summed E-state index contributed by atoms with van der Waals surface area (Å²) in [4.78, 5) is 4.29. The van der Waals surface area contributed by atoms with Crippen molar-refractivity contribution >= 4 is 27.5 Å². The molecule has 0 saturated carbocycles. The zero-order chi connectivity index (χ0) is 17.5. The molecule has 0 spiro atoms. The molecule has 1 atom stereocenters. The summed E-state index contributed by atoms with van der Waals surface area (Å²) in [7, 11) is 0. The zero-order valence-corrected chi connectivity index (χ0v) is 13.6. The number of hydrogen-bond donors (Lipinski definition) is 2. The van der Waals surface area contributed by atoms with Crippen molar-refractivity contribution in [3.8, 4) is 17.6 Å². The second-order valence-electron chi connectivity index (χ2n) is 6.06. The normalized spacial score (nSPS) is 15.7. The average molecular weight is 343 g/mol. The van der Waals surface area contributed by atoms with E-state index in [-0.39, 0.29) is 6.23 Å². The van der Waals surface area contributed by atoms with E-state index in [1.165, 1.54) is 0 Å². The fourth-order valence-electron chi connectivity index (χ4n) is 3.04. The SMILES string of the molecule is N#Cc1cnc2cc3c(cc2c1)OC(Nc1ccc2cn[nH]c2c1)CO3. The lowest BCUT2D eigenvalue weighted by atomic mass is 10.1. The minimum absolute atomic E-state index is 0.326. The van der Waals surface area contributed by atoms with Gasteiger partial charge in [-0.1, -0.05) is 0 Å². The van der Waals surface area contributed by atoms with Crippen molar-refractivity contribution in [3.63, 3.8) is 0 Å². The largest absolute Gasteiger partial charge is 0.484 e. The molecule has 7 heteroatoms. The van der Waals surface area contributed by atoms with E-state index in [2.05, 4.69) is 26.6 Å². The summed E-state index contributed by atoms with van der Waals surface area (Å²) in [5.74, 6) is 1.28. The van der Waals surface area contributed by atoms with Crippen LogP contribution < -0.4 is 14.8 Å². The molecule has 5 rings (SSSR count). The standard InChI is InChI=1S/C19H13N5O2/c20-7-11-3-13-4-18-17(6-15(13)21-8-11)25-10-19(26-18)23-14-2-1-12-9-22-24-16(12)5-14/h1-6,8-9,19,23H,10H2,(H,22,24). The van der Waals surface area contributed by atoms with Crippen LogP contribution >= 0.6 is 0 Å². The Labute approximate surface area is 148 Å². The molecule has 4 aromatic rings. The van der Waals surface area contributed by atoms with E-state index >= 15 is 0 Å². The Hall–Kier alpha value is -3.79. The number of ether oxygens (including phenoxy) is 2. The predicted molar refractivity (Wildman–Crippen MR) is 96.1 cm³/mol. The number of nitrogens with one attached hydrogen (secondary N) is 2. The number of aromatic amines is 1. The lowest BCUT2D eigenvalue weighted by Gasteiger charge is -2.28. The maximum absolute atomic E-state index is 9.04. The summed E-state index contributed by atoms with van der Waals surface area (Å²) in [6.07, 6.45) is 3.01. The molecule has 2 aromatic carbocycles. The van der Waals surface area contributed by atoms with E-state index in [0.717, 1.165) is 27.5 Å². The minimum atomic E-state index is -0.326. The van der Waals surface area contributed by atoms with Crippen molar-refractivity contribution in [2.24, 2.45) is 0 Å². The van der Waals surface area contributed by atoms with Crippen molar-refractivity contribution in [2.75, 3.05) is 11.9 Å². The molecular weight excluding hydrogens is 330 g/mol. The third-order valence-electron chi connectivity index (χ3n) is 4.30. The topological polar surface area (TPSA) is 95.9 Å². The van der Waals surface area contributed by atoms with Crippen LogP contribution in [0.4, 0.5) is 5.69 Å². The maximum Gasteiger partial charge on any atom is 0.204 e. The minimum Gasteiger partial charge on any atom is -0.484 e. The highest BCUT2D eigenvalue weighted by Crippen LogP contribution is 2.35. The molecule has 126 valence electrons. The van der Waals surface area contributed by atoms with Gasteiger partial charge >= 0.3 is 0 Å². The Balaban J connectivity index is 1.43. The smallest absolute Gasteiger partial charge is 0.204 e. The summed E-state index contributed by atoms with van der Waals surface area (Å²) >= 11 is 0. The number of hydrogen-bond acceptors (Lipinski definition) is 6. The number of rotatable bonds is 2. The van der Waals surface area contributed by atoms with Gasteiger partial charge in [0.2, 0.25) is 6.23 Å². The van der Waals surface area contributed by atoms with Gasteiger partial charge in [0.05, 0.1) is 22.8 Å². The Morgan fingerprint density at radius 1 is 1.12 bits per heavy atom. The number of H-pyrrole nitrogens is 1. The van der Waals surface area contributed by atoms with Gasteiger partial charge in [0.15, 0.2) is 11.5 Å². The number of pyridine rings is 1. The van der Waals surface area contributed by atoms with E-state index in [4.69, 9.17) is 14.7 Å². The molecule has 0 radical (unpaired) electrons. The Kier molecular flexibility index (Phi) is 3.15. The Bertz CT molecular complexity index is 1180. The summed E-state index contributed by atoms with van der Waals surface area (Å²) in [5, 5.41) is 21.2. The van der Waals surface area contributed by atoms with Gasteiger partial charge in [-0.05, 0) is 30.3 Å². The maximum atomic E-state index is 9.04. The highest BCUT2D eigenvalue weighted by atomic mass is 16.6. The highest BCUT2D eigenvalue weighted by Gasteiger charge is 2.22. The zero-order valence-electron chi connectivity index (χ0n) is 13.6. The molecule has 1 aliphatic rings. The van der Waals surface area contributed by atoms with Gasteiger partial charge in [-0.3, -0.25) is 10.1 Å². The molecule has 26 heavy (non-hydrogen) atoms. The molecule has 2 aromatic heterocycles. The summed E-state index contributed by atoms with van der Waals surface area (Å²) in [6.45, 7) is 0.371. The van der Waals surface area contributed by atoms with Crippen molar-refractivity contribution < 1.29 is 9.47 Å². The predicted octanol–water partition coefficient (Wildman–Crippen LogP) is 3.19. The molecule has 0 aliphatic carbocycles. The van der Waals surface area contributed by atoms with E-state index < -0.39 is 0 Å².